The zero-order valence-corrected chi connectivity index (χ0v) is 9.48. The number of anilines is 2. The number of rotatable bonds is 4. The van der Waals surface area contributed by atoms with Crippen LogP contribution in [0, 0.1) is 5.92 Å². The highest BCUT2D eigenvalue weighted by atomic mass is 15.3. The van der Waals surface area contributed by atoms with Crippen molar-refractivity contribution in [3.05, 3.63) is 24.3 Å². The van der Waals surface area contributed by atoms with Crippen molar-refractivity contribution in [1.29, 1.82) is 0 Å². The van der Waals surface area contributed by atoms with Gasteiger partial charge in [0.15, 0.2) is 0 Å². The summed E-state index contributed by atoms with van der Waals surface area (Å²) < 4.78 is 0. The number of hydrogen-bond acceptors (Lipinski definition) is 5. The van der Waals surface area contributed by atoms with Crippen molar-refractivity contribution in [1.82, 2.24) is 9.97 Å². The van der Waals surface area contributed by atoms with Crippen LogP contribution in [-0.4, -0.2) is 16.5 Å². The summed E-state index contributed by atoms with van der Waals surface area (Å²) in [4.78, 5) is 8.67. The van der Waals surface area contributed by atoms with Gasteiger partial charge in [0.25, 0.3) is 0 Å². The van der Waals surface area contributed by atoms with Crippen molar-refractivity contribution in [2.45, 2.75) is 12.8 Å². The standard InChI is InChI=1S/C12H15N5/c13-17-12-15-10-4-2-1-3-9(10)11(16-12)14-7-8-5-6-8/h1-4,8H,5-7,13H2,(H2,14,15,16,17). The summed E-state index contributed by atoms with van der Waals surface area (Å²) in [5.41, 5.74) is 3.40. The summed E-state index contributed by atoms with van der Waals surface area (Å²) in [6.07, 6.45) is 2.63. The molecule has 1 saturated carbocycles. The van der Waals surface area contributed by atoms with Crippen LogP contribution in [0.1, 0.15) is 12.8 Å². The van der Waals surface area contributed by atoms with Crippen molar-refractivity contribution < 1.29 is 0 Å². The predicted molar refractivity (Wildman–Crippen MR) is 68.6 cm³/mol. The number of hydrogen-bond donors (Lipinski definition) is 3. The van der Waals surface area contributed by atoms with E-state index in [4.69, 9.17) is 5.84 Å². The van der Waals surface area contributed by atoms with Crippen molar-refractivity contribution in [2.24, 2.45) is 11.8 Å². The monoisotopic (exact) mass is 229 g/mol. The average Bonchev–Trinajstić information content (AvgIpc) is 3.19. The van der Waals surface area contributed by atoms with Gasteiger partial charge in [0.05, 0.1) is 5.52 Å². The Kier molecular flexibility index (Phi) is 2.53. The molecular weight excluding hydrogens is 214 g/mol. The molecule has 0 bridgehead atoms. The van der Waals surface area contributed by atoms with Crippen molar-refractivity contribution >= 4 is 22.7 Å². The fourth-order valence-corrected chi connectivity index (χ4v) is 1.84. The van der Waals surface area contributed by atoms with E-state index >= 15 is 0 Å². The first-order valence-electron chi connectivity index (χ1n) is 5.84. The number of nitrogens with one attached hydrogen (secondary N) is 2. The van der Waals surface area contributed by atoms with Crippen molar-refractivity contribution in [2.75, 3.05) is 17.3 Å². The van der Waals surface area contributed by atoms with Crippen LogP contribution in [-0.2, 0) is 0 Å². The number of nitrogen functional groups attached to an aromatic ring is 1. The number of nitrogens with two attached hydrogens (primary N) is 1. The molecule has 5 nitrogen and oxygen atoms in total. The molecule has 88 valence electrons. The number of nitrogens with zero attached hydrogens (tertiary/aromatic N) is 2. The Balaban J connectivity index is 1.99. The zero-order chi connectivity index (χ0) is 11.7. The van der Waals surface area contributed by atoms with Gasteiger partial charge in [0.1, 0.15) is 5.82 Å². The molecule has 4 N–H and O–H groups in total. The highest BCUT2D eigenvalue weighted by Gasteiger charge is 2.21. The van der Waals surface area contributed by atoms with Gasteiger partial charge < -0.3 is 5.32 Å². The van der Waals surface area contributed by atoms with Gasteiger partial charge in [-0.1, -0.05) is 12.1 Å². The van der Waals surface area contributed by atoms with Crippen LogP contribution in [0.15, 0.2) is 24.3 Å². The van der Waals surface area contributed by atoms with E-state index in [0.29, 0.717) is 5.95 Å². The fraction of sp³-hybridized carbons (Fsp3) is 0.333. The van der Waals surface area contributed by atoms with E-state index in [0.717, 1.165) is 29.2 Å². The molecule has 1 aromatic carbocycles. The average molecular weight is 229 g/mol. The lowest BCUT2D eigenvalue weighted by Gasteiger charge is -2.09. The number of benzene rings is 1. The predicted octanol–water partition coefficient (Wildman–Crippen LogP) is 1.74. The molecule has 0 unspecified atom stereocenters. The van der Waals surface area contributed by atoms with Gasteiger partial charge in [0, 0.05) is 11.9 Å². The molecule has 1 aliphatic carbocycles. The largest absolute Gasteiger partial charge is 0.369 e. The lowest BCUT2D eigenvalue weighted by molar-refractivity contribution is 0.883. The number of fused-ring (bicyclic) bond motifs is 1. The Morgan fingerprint density at radius 2 is 2.06 bits per heavy atom. The molecule has 2 aromatic rings. The first-order chi connectivity index (χ1) is 8.36. The Bertz CT molecular complexity index is 535. The summed E-state index contributed by atoms with van der Waals surface area (Å²) in [7, 11) is 0. The molecule has 0 spiro atoms. The summed E-state index contributed by atoms with van der Waals surface area (Å²) >= 11 is 0. The zero-order valence-electron chi connectivity index (χ0n) is 9.48. The van der Waals surface area contributed by atoms with E-state index in [9.17, 15) is 0 Å². The number of para-hydroxylation sites is 1. The van der Waals surface area contributed by atoms with E-state index < -0.39 is 0 Å². The molecule has 0 radical (unpaired) electrons. The van der Waals surface area contributed by atoms with Crippen molar-refractivity contribution in [3.63, 3.8) is 0 Å². The Hall–Kier alpha value is -1.88. The maximum Gasteiger partial charge on any atom is 0.239 e. The molecule has 0 amide bonds. The molecule has 5 heteroatoms. The fourth-order valence-electron chi connectivity index (χ4n) is 1.84. The molecule has 1 aromatic heterocycles. The molecule has 0 saturated heterocycles. The maximum absolute atomic E-state index is 5.38. The SMILES string of the molecule is NNc1nc(NCC2CC2)c2ccccc2n1. The van der Waals surface area contributed by atoms with Gasteiger partial charge in [-0.05, 0) is 30.9 Å². The summed E-state index contributed by atoms with van der Waals surface area (Å²) in [6, 6.07) is 7.93. The Morgan fingerprint density at radius 1 is 1.24 bits per heavy atom. The quantitative estimate of drug-likeness (QED) is 0.550. The molecule has 1 heterocycles. The molecule has 0 aliphatic heterocycles. The van der Waals surface area contributed by atoms with Crippen LogP contribution in [0.2, 0.25) is 0 Å². The molecule has 0 atom stereocenters. The van der Waals surface area contributed by atoms with Crippen LogP contribution in [0.25, 0.3) is 10.9 Å². The van der Waals surface area contributed by atoms with Gasteiger partial charge in [-0.15, -0.1) is 0 Å². The third-order valence-corrected chi connectivity index (χ3v) is 2.99. The molecule has 1 aliphatic rings. The van der Waals surface area contributed by atoms with Gasteiger partial charge in [-0.2, -0.15) is 4.98 Å². The highest BCUT2D eigenvalue weighted by molar-refractivity contribution is 5.89. The van der Waals surface area contributed by atoms with Gasteiger partial charge in [-0.3, -0.25) is 5.43 Å². The lowest BCUT2D eigenvalue weighted by atomic mass is 10.2. The number of aromatic nitrogens is 2. The first kappa shape index (κ1) is 10.3. The molecular formula is C12H15N5. The topological polar surface area (TPSA) is 75.9 Å². The van der Waals surface area contributed by atoms with E-state index in [1.807, 2.05) is 24.3 Å². The van der Waals surface area contributed by atoms with E-state index in [2.05, 4.69) is 20.7 Å². The lowest BCUT2D eigenvalue weighted by Crippen LogP contribution is -2.13. The van der Waals surface area contributed by atoms with Crippen molar-refractivity contribution in [3.8, 4) is 0 Å². The number of hydrazine groups is 1. The normalized spacial score (nSPS) is 14.9. The minimum absolute atomic E-state index is 0.446. The van der Waals surface area contributed by atoms with E-state index in [-0.39, 0.29) is 0 Å². The van der Waals surface area contributed by atoms with Gasteiger partial charge >= 0.3 is 0 Å². The minimum atomic E-state index is 0.446. The second-order valence-corrected chi connectivity index (χ2v) is 4.38. The van der Waals surface area contributed by atoms with Gasteiger partial charge in [0.2, 0.25) is 5.95 Å². The highest BCUT2D eigenvalue weighted by Crippen LogP contribution is 2.30. The van der Waals surface area contributed by atoms with Gasteiger partial charge in [-0.25, -0.2) is 10.8 Å². The molecule has 1 fully saturated rings. The third kappa shape index (κ3) is 2.14. The van der Waals surface area contributed by atoms with Crippen LogP contribution in [0.5, 0.6) is 0 Å². The maximum atomic E-state index is 5.38. The third-order valence-electron chi connectivity index (χ3n) is 2.99. The minimum Gasteiger partial charge on any atom is -0.369 e. The molecule has 17 heavy (non-hydrogen) atoms. The Morgan fingerprint density at radius 3 is 2.82 bits per heavy atom. The van der Waals surface area contributed by atoms with E-state index in [1.54, 1.807) is 0 Å². The van der Waals surface area contributed by atoms with Crippen LogP contribution in [0.3, 0.4) is 0 Å². The Labute approximate surface area is 99.4 Å². The van der Waals surface area contributed by atoms with Crippen LogP contribution < -0.4 is 16.6 Å². The van der Waals surface area contributed by atoms with E-state index in [1.165, 1.54) is 12.8 Å². The second-order valence-electron chi connectivity index (χ2n) is 4.38. The smallest absolute Gasteiger partial charge is 0.239 e. The second kappa shape index (κ2) is 4.18. The van der Waals surface area contributed by atoms with Crippen LogP contribution >= 0.6 is 0 Å². The molecule has 3 rings (SSSR count). The summed E-state index contributed by atoms with van der Waals surface area (Å²) in [5, 5.41) is 4.41. The first-order valence-corrected chi connectivity index (χ1v) is 5.84. The van der Waals surface area contributed by atoms with Crippen LogP contribution in [0.4, 0.5) is 11.8 Å². The summed E-state index contributed by atoms with van der Waals surface area (Å²) in [6.45, 7) is 0.977. The summed E-state index contributed by atoms with van der Waals surface area (Å²) in [5.74, 6) is 7.48.